The SMILES string of the molecule is CN(C)S(=O)(=O)NC(=O)c1ccccc1. The molecule has 1 aromatic rings. The van der Waals surface area contributed by atoms with E-state index in [9.17, 15) is 13.2 Å². The molecule has 0 saturated carbocycles. The summed E-state index contributed by atoms with van der Waals surface area (Å²) in [5.41, 5.74) is 0.308. The van der Waals surface area contributed by atoms with Crippen molar-refractivity contribution < 1.29 is 13.2 Å². The van der Waals surface area contributed by atoms with E-state index in [4.69, 9.17) is 0 Å². The van der Waals surface area contributed by atoms with Crippen molar-refractivity contribution >= 4 is 16.1 Å². The number of amides is 1. The molecule has 0 saturated heterocycles. The van der Waals surface area contributed by atoms with Gasteiger partial charge in [-0.1, -0.05) is 18.2 Å². The van der Waals surface area contributed by atoms with Gasteiger partial charge in [0.2, 0.25) is 0 Å². The third kappa shape index (κ3) is 3.03. The Labute approximate surface area is 88.9 Å². The molecule has 82 valence electrons. The molecule has 0 aliphatic rings. The summed E-state index contributed by atoms with van der Waals surface area (Å²) in [6, 6.07) is 8.16. The molecule has 0 unspecified atom stereocenters. The first-order chi connectivity index (χ1) is 6.93. The fourth-order valence-corrected chi connectivity index (χ4v) is 1.39. The van der Waals surface area contributed by atoms with Crippen molar-refractivity contribution in [3.05, 3.63) is 35.9 Å². The lowest BCUT2D eigenvalue weighted by atomic mass is 10.2. The van der Waals surface area contributed by atoms with Gasteiger partial charge in [-0.25, -0.2) is 4.72 Å². The molecule has 1 aromatic carbocycles. The van der Waals surface area contributed by atoms with E-state index in [1.807, 2.05) is 4.72 Å². The second-order valence-electron chi connectivity index (χ2n) is 3.08. The van der Waals surface area contributed by atoms with Crippen molar-refractivity contribution in [3.63, 3.8) is 0 Å². The summed E-state index contributed by atoms with van der Waals surface area (Å²) in [7, 11) is -1.02. The Kier molecular flexibility index (Phi) is 3.43. The normalized spacial score (nSPS) is 11.4. The van der Waals surface area contributed by atoms with Crippen LogP contribution in [0.1, 0.15) is 10.4 Å². The van der Waals surface area contributed by atoms with Crippen LogP contribution in [0.15, 0.2) is 30.3 Å². The van der Waals surface area contributed by atoms with Gasteiger partial charge in [0.1, 0.15) is 0 Å². The molecule has 0 aliphatic carbocycles. The maximum absolute atomic E-state index is 11.4. The van der Waals surface area contributed by atoms with E-state index in [0.29, 0.717) is 5.56 Å². The summed E-state index contributed by atoms with van der Waals surface area (Å²) in [4.78, 5) is 11.4. The number of benzene rings is 1. The quantitative estimate of drug-likeness (QED) is 0.805. The van der Waals surface area contributed by atoms with E-state index >= 15 is 0 Å². The van der Waals surface area contributed by atoms with E-state index in [2.05, 4.69) is 0 Å². The van der Waals surface area contributed by atoms with Gasteiger partial charge < -0.3 is 0 Å². The largest absolute Gasteiger partial charge is 0.303 e. The van der Waals surface area contributed by atoms with Gasteiger partial charge >= 0.3 is 10.2 Å². The lowest BCUT2D eigenvalue weighted by molar-refractivity contribution is 0.0979. The smallest absolute Gasteiger partial charge is 0.268 e. The second kappa shape index (κ2) is 4.41. The third-order valence-electron chi connectivity index (χ3n) is 1.74. The van der Waals surface area contributed by atoms with Crippen molar-refractivity contribution in [2.75, 3.05) is 14.1 Å². The van der Waals surface area contributed by atoms with Crippen molar-refractivity contribution in [1.82, 2.24) is 9.03 Å². The van der Waals surface area contributed by atoms with Gasteiger partial charge in [0, 0.05) is 19.7 Å². The summed E-state index contributed by atoms with van der Waals surface area (Å²) in [5.74, 6) is -0.635. The number of nitrogens with zero attached hydrogens (tertiary/aromatic N) is 1. The van der Waals surface area contributed by atoms with E-state index in [-0.39, 0.29) is 0 Å². The molecule has 0 radical (unpaired) electrons. The van der Waals surface area contributed by atoms with Crippen LogP contribution in [0.5, 0.6) is 0 Å². The van der Waals surface area contributed by atoms with Gasteiger partial charge in [0.15, 0.2) is 0 Å². The Morgan fingerprint density at radius 1 is 1.20 bits per heavy atom. The zero-order chi connectivity index (χ0) is 11.5. The minimum atomic E-state index is -3.71. The first-order valence-corrected chi connectivity index (χ1v) is 5.67. The Balaban J connectivity index is 2.82. The van der Waals surface area contributed by atoms with Crippen LogP contribution in [0.4, 0.5) is 0 Å². The first kappa shape index (κ1) is 11.7. The highest BCUT2D eigenvalue weighted by molar-refractivity contribution is 7.87. The van der Waals surface area contributed by atoms with Crippen LogP contribution in [-0.2, 0) is 10.2 Å². The molecule has 0 heterocycles. The van der Waals surface area contributed by atoms with Crippen molar-refractivity contribution in [3.8, 4) is 0 Å². The van der Waals surface area contributed by atoms with Crippen molar-refractivity contribution in [2.24, 2.45) is 0 Å². The lowest BCUT2D eigenvalue weighted by Gasteiger charge is -2.11. The molecular weight excluding hydrogens is 216 g/mol. The van der Waals surface area contributed by atoms with E-state index in [0.717, 1.165) is 4.31 Å². The number of rotatable bonds is 3. The Morgan fingerprint density at radius 2 is 1.73 bits per heavy atom. The zero-order valence-corrected chi connectivity index (χ0v) is 9.28. The Hall–Kier alpha value is -1.40. The van der Waals surface area contributed by atoms with Gasteiger partial charge in [-0.15, -0.1) is 0 Å². The fourth-order valence-electron chi connectivity index (χ4n) is 0.857. The highest BCUT2D eigenvalue weighted by Crippen LogP contribution is 1.99. The highest BCUT2D eigenvalue weighted by atomic mass is 32.2. The molecule has 0 bridgehead atoms. The number of hydrogen-bond donors (Lipinski definition) is 1. The van der Waals surface area contributed by atoms with Gasteiger partial charge in [-0.05, 0) is 12.1 Å². The van der Waals surface area contributed by atoms with Crippen molar-refractivity contribution in [2.45, 2.75) is 0 Å². The number of nitrogens with one attached hydrogen (secondary N) is 1. The Bertz CT molecular complexity index is 440. The first-order valence-electron chi connectivity index (χ1n) is 4.23. The van der Waals surface area contributed by atoms with E-state index in [1.165, 1.54) is 14.1 Å². The summed E-state index contributed by atoms with van der Waals surface area (Å²) < 4.78 is 25.5. The zero-order valence-electron chi connectivity index (χ0n) is 8.47. The number of carbonyl (C=O) groups excluding carboxylic acids is 1. The van der Waals surface area contributed by atoms with E-state index in [1.54, 1.807) is 30.3 Å². The fraction of sp³-hybridized carbons (Fsp3) is 0.222. The average molecular weight is 228 g/mol. The standard InChI is InChI=1S/C9H12N2O3S/c1-11(2)15(13,14)10-9(12)8-6-4-3-5-7-8/h3-7H,1-2H3,(H,10,12). The van der Waals surface area contributed by atoms with Crippen LogP contribution in [0.2, 0.25) is 0 Å². The Morgan fingerprint density at radius 3 is 2.20 bits per heavy atom. The van der Waals surface area contributed by atoms with E-state index < -0.39 is 16.1 Å². The van der Waals surface area contributed by atoms with Crippen molar-refractivity contribution in [1.29, 1.82) is 0 Å². The van der Waals surface area contributed by atoms with Gasteiger partial charge in [0.05, 0.1) is 0 Å². The predicted octanol–water partition coefficient (Wildman–Crippen LogP) is 0.223. The molecule has 5 nitrogen and oxygen atoms in total. The van der Waals surface area contributed by atoms with Crippen LogP contribution < -0.4 is 4.72 Å². The molecule has 6 heteroatoms. The predicted molar refractivity (Wildman–Crippen MR) is 56.5 cm³/mol. The summed E-state index contributed by atoms with van der Waals surface area (Å²) in [6.07, 6.45) is 0. The molecule has 0 aromatic heterocycles. The average Bonchev–Trinajstić information content (AvgIpc) is 2.18. The van der Waals surface area contributed by atoms with Gasteiger partial charge in [0.25, 0.3) is 5.91 Å². The summed E-state index contributed by atoms with van der Waals surface area (Å²) in [6.45, 7) is 0. The number of carbonyl (C=O) groups is 1. The van der Waals surface area contributed by atoms with Crippen LogP contribution in [0, 0.1) is 0 Å². The molecule has 0 aliphatic heterocycles. The summed E-state index contributed by atoms with van der Waals surface area (Å²) in [5, 5.41) is 0. The molecular formula is C9H12N2O3S. The molecule has 0 atom stereocenters. The number of hydrogen-bond acceptors (Lipinski definition) is 3. The molecule has 15 heavy (non-hydrogen) atoms. The van der Waals surface area contributed by atoms with Gasteiger partial charge in [-0.2, -0.15) is 12.7 Å². The maximum Gasteiger partial charge on any atom is 0.303 e. The monoisotopic (exact) mass is 228 g/mol. The molecule has 1 N–H and O–H groups in total. The minimum Gasteiger partial charge on any atom is -0.268 e. The second-order valence-corrected chi connectivity index (χ2v) is 4.97. The minimum absolute atomic E-state index is 0.308. The van der Waals surface area contributed by atoms with Crippen LogP contribution in [0.3, 0.4) is 0 Å². The molecule has 0 spiro atoms. The molecule has 1 amide bonds. The maximum atomic E-state index is 11.4. The molecule has 1 rings (SSSR count). The van der Waals surface area contributed by atoms with Gasteiger partial charge in [-0.3, -0.25) is 4.79 Å². The van der Waals surface area contributed by atoms with Crippen LogP contribution >= 0.6 is 0 Å². The molecule has 0 fully saturated rings. The third-order valence-corrected chi connectivity index (χ3v) is 3.14. The highest BCUT2D eigenvalue weighted by Gasteiger charge is 2.17. The lowest BCUT2D eigenvalue weighted by Crippen LogP contribution is -2.39. The van der Waals surface area contributed by atoms with Crippen LogP contribution in [0.25, 0.3) is 0 Å². The topological polar surface area (TPSA) is 66.5 Å². The summed E-state index contributed by atoms with van der Waals surface area (Å²) >= 11 is 0. The van der Waals surface area contributed by atoms with Crippen LogP contribution in [-0.4, -0.2) is 32.7 Å².